The molecule has 19 heavy (non-hydrogen) atoms. The van der Waals surface area contributed by atoms with Crippen LogP contribution in [0, 0.1) is 5.82 Å². The van der Waals surface area contributed by atoms with Crippen molar-refractivity contribution < 1.29 is 17.6 Å². The molecular weight excluding hydrogens is 273 g/mol. The molecule has 0 heterocycles. The van der Waals surface area contributed by atoms with Gasteiger partial charge in [0.05, 0.1) is 11.4 Å². The summed E-state index contributed by atoms with van der Waals surface area (Å²) in [5, 5.41) is 2.39. The molecule has 6 nitrogen and oxygen atoms in total. The highest BCUT2D eigenvalue weighted by atomic mass is 32.2. The molecule has 4 N–H and O–H groups in total. The van der Waals surface area contributed by atoms with E-state index in [1.807, 2.05) is 0 Å². The lowest BCUT2D eigenvalue weighted by molar-refractivity contribution is 0.0955. The molecule has 1 rings (SSSR count). The lowest BCUT2D eigenvalue weighted by atomic mass is 10.2. The number of rotatable bonds is 6. The van der Waals surface area contributed by atoms with Crippen molar-refractivity contribution in [2.75, 3.05) is 24.6 Å². The number of carbonyl (C=O) groups is 1. The van der Waals surface area contributed by atoms with Crippen LogP contribution in [0.1, 0.15) is 17.3 Å². The second kappa shape index (κ2) is 6.48. The predicted molar refractivity (Wildman–Crippen MR) is 70.6 cm³/mol. The summed E-state index contributed by atoms with van der Waals surface area (Å²) in [6.45, 7) is 1.90. The van der Waals surface area contributed by atoms with E-state index in [1.54, 1.807) is 6.92 Å². The zero-order valence-electron chi connectivity index (χ0n) is 10.4. The number of sulfonamides is 1. The van der Waals surface area contributed by atoms with Gasteiger partial charge in [0.15, 0.2) is 0 Å². The normalized spacial score (nSPS) is 11.3. The highest BCUT2D eigenvalue weighted by Crippen LogP contribution is 2.11. The fourth-order valence-electron chi connectivity index (χ4n) is 1.36. The monoisotopic (exact) mass is 289 g/mol. The summed E-state index contributed by atoms with van der Waals surface area (Å²) in [7, 11) is -3.38. The summed E-state index contributed by atoms with van der Waals surface area (Å²) in [6.07, 6.45) is 0. The Kier molecular flexibility index (Phi) is 5.25. The van der Waals surface area contributed by atoms with Gasteiger partial charge in [-0.15, -0.1) is 0 Å². The zero-order valence-corrected chi connectivity index (χ0v) is 11.3. The minimum absolute atomic E-state index is 0.0497. The number of amides is 1. The SMILES string of the molecule is CCNS(=O)(=O)CCNC(=O)c1ccc(N)c(F)c1. The Morgan fingerprint density at radius 3 is 2.68 bits per heavy atom. The van der Waals surface area contributed by atoms with Crippen molar-refractivity contribution in [2.24, 2.45) is 0 Å². The molecule has 0 saturated carbocycles. The van der Waals surface area contributed by atoms with E-state index in [1.165, 1.54) is 12.1 Å². The Morgan fingerprint density at radius 2 is 2.11 bits per heavy atom. The molecule has 0 fully saturated rings. The molecule has 1 amide bonds. The third-order valence-electron chi connectivity index (χ3n) is 2.28. The van der Waals surface area contributed by atoms with Gasteiger partial charge in [-0.25, -0.2) is 17.5 Å². The minimum atomic E-state index is -3.38. The summed E-state index contributed by atoms with van der Waals surface area (Å²) >= 11 is 0. The van der Waals surface area contributed by atoms with E-state index < -0.39 is 21.7 Å². The van der Waals surface area contributed by atoms with Gasteiger partial charge in [0.25, 0.3) is 5.91 Å². The molecule has 0 atom stereocenters. The standard InChI is InChI=1S/C11H16FN3O3S/c1-2-15-19(17,18)6-5-14-11(16)8-3-4-10(13)9(12)7-8/h3-4,7,15H,2,5-6,13H2,1H3,(H,14,16). The molecule has 0 unspecified atom stereocenters. The van der Waals surface area contributed by atoms with Crippen LogP contribution in [-0.4, -0.2) is 33.2 Å². The summed E-state index contributed by atoms with van der Waals surface area (Å²) in [5.41, 5.74) is 5.33. The highest BCUT2D eigenvalue weighted by Gasteiger charge is 2.11. The van der Waals surface area contributed by atoms with Gasteiger partial charge in [0.1, 0.15) is 5.82 Å². The predicted octanol–water partition coefficient (Wildman–Crippen LogP) is 0.0770. The lowest BCUT2D eigenvalue weighted by Crippen LogP contribution is -2.34. The molecular formula is C11H16FN3O3S. The molecule has 0 spiro atoms. The molecule has 0 saturated heterocycles. The number of hydrogen-bond donors (Lipinski definition) is 3. The quantitative estimate of drug-likeness (QED) is 0.645. The summed E-state index contributed by atoms with van der Waals surface area (Å²) in [5.74, 6) is -1.47. The number of hydrogen-bond acceptors (Lipinski definition) is 4. The number of carbonyl (C=O) groups excluding carboxylic acids is 1. The summed E-state index contributed by atoms with van der Waals surface area (Å²) < 4.78 is 38.1. The van der Waals surface area contributed by atoms with Crippen LogP contribution in [-0.2, 0) is 10.0 Å². The fourth-order valence-corrected chi connectivity index (χ4v) is 2.32. The second-order valence-corrected chi connectivity index (χ2v) is 5.74. The van der Waals surface area contributed by atoms with Gasteiger partial charge in [-0.2, -0.15) is 0 Å². The molecule has 1 aromatic carbocycles. The smallest absolute Gasteiger partial charge is 0.251 e. The van der Waals surface area contributed by atoms with Crippen molar-refractivity contribution >= 4 is 21.6 Å². The molecule has 0 aliphatic carbocycles. The first-order valence-corrected chi connectivity index (χ1v) is 7.31. The fraction of sp³-hybridized carbons (Fsp3) is 0.364. The van der Waals surface area contributed by atoms with Crippen LogP contribution in [0.4, 0.5) is 10.1 Å². The van der Waals surface area contributed by atoms with Crippen LogP contribution in [0.3, 0.4) is 0 Å². The Morgan fingerprint density at radius 1 is 1.42 bits per heavy atom. The maximum absolute atomic E-state index is 13.1. The first kappa shape index (κ1) is 15.4. The average Bonchev–Trinajstić information content (AvgIpc) is 2.32. The van der Waals surface area contributed by atoms with Gasteiger partial charge in [0.2, 0.25) is 10.0 Å². The Hall–Kier alpha value is -1.67. The largest absolute Gasteiger partial charge is 0.396 e. The zero-order chi connectivity index (χ0) is 14.5. The van der Waals surface area contributed by atoms with Crippen LogP contribution in [0.2, 0.25) is 0 Å². The first-order chi connectivity index (χ1) is 8.85. The van der Waals surface area contributed by atoms with Crippen molar-refractivity contribution in [1.82, 2.24) is 10.0 Å². The van der Waals surface area contributed by atoms with Crippen molar-refractivity contribution in [2.45, 2.75) is 6.92 Å². The van der Waals surface area contributed by atoms with E-state index in [9.17, 15) is 17.6 Å². The molecule has 1 aromatic rings. The second-order valence-electron chi connectivity index (χ2n) is 3.81. The van der Waals surface area contributed by atoms with Gasteiger partial charge >= 0.3 is 0 Å². The van der Waals surface area contributed by atoms with Gasteiger partial charge in [0, 0.05) is 18.7 Å². The third-order valence-corrected chi connectivity index (χ3v) is 3.75. The number of benzene rings is 1. The number of halogens is 1. The maximum atomic E-state index is 13.1. The van der Waals surface area contributed by atoms with Gasteiger partial charge in [-0.3, -0.25) is 4.79 Å². The van der Waals surface area contributed by atoms with E-state index in [-0.39, 0.29) is 23.5 Å². The van der Waals surface area contributed by atoms with Crippen LogP contribution < -0.4 is 15.8 Å². The molecule has 0 bridgehead atoms. The summed E-state index contributed by atoms with van der Waals surface area (Å²) in [4.78, 5) is 11.6. The summed E-state index contributed by atoms with van der Waals surface area (Å²) in [6, 6.07) is 3.65. The average molecular weight is 289 g/mol. The molecule has 0 aromatic heterocycles. The molecule has 0 aliphatic heterocycles. The molecule has 106 valence electrons. The van der Waals surface area contributed by atoms with E-state index in [4.69, 9.17) is 5.73 Å². The maximum Gasteiger partial charge on any atom is 0.251 e. The molecule has 0 aliphatic rings. The Bertz CT molecular complexity index is 560. The first-order valence-electron chi connectivity index (χ1n) is 5.66. The number of nitrogens with two attached hydrogens (primary N) is 1. The van der Waals surface area contributed by atoms with Crippen LogP contribution in [0.5, 0.6) is 0 Å². The highest BCUT2D eigenvalue weighted by molar-refractivity contribution is 7.89. The van der Waals surface area contributed by atoms with E-state index in [0.717, 1.165) is 6.07 Å². The van der Waals surface area contributed by atoms with Gasteiger partial charge < -0.3 is 11.1 Å². The van der Waals surface area contributed by atoms with Gasteiger partial charge in [-0.05, 0) is 18.2 Å². The number of nitrogen functional groups attached to an aromatic ring is 1. The third kappa shape index (κ3) is 4.84. The minimum Gasteiger partial charge on any atom is -0.396 e. The molecule has 8 heteroatoms. The topological polar surface area (TPSA) is 101 Å². The van der Waals surface area contributed by atoms with Crippen molar-refractivity contribution in [3.8, 4) is 0 Å². The van der Waals surface area contributed by atoms with Gasteiger partial charge in [-0.1, -0.05) is 6.92 Å². The van der Waals surface area contributed by atoms with Crippen molar-refractivity contribution in [3.63, 3.8) is 0 Å². The van der Waals surface area contributed by atoms with E-state index in [0.29, 0.717) is 6.54 Å². The van der Waals surface area contributed by atoms with E-state index in [2.05, 4.69) is 10.0 Å². The van der Waals surface area contributed by atoms with Crippen molar-refractivity contribution in [3.05, 3.63) is 29.6 Å². The number of nitrogens with one attached hydrogen (secondary N) is 2. The van der Waals surface area contributed by atoms with E-state index >= 15 is 0 Å². The van der Waals surface area contributed by atoms with Crippen LogP contribution in [0.15, 0.2) is 18.2 Å². The molecule has 0 radical (unpaired) electrons. The van der Waals surface area contributed by atoms with Crippen LogP contribution in [0.25, 0.3) is 0 Å². The lowest BCUT2D eigenvalue weighted by Gasteiger charge is -2.07. The van der Waals surface area contributed by atoms with Crippen molar-refractivity contribution in [1.29, 1.82) is 0 Å². The Balaban J connectivity index is 2.54. The number of anilines is 1. The van der Waals surface area contributed by atoms with Crippen LogP contribution >= 0.6 is 0 Å². The Labute approximate surface area is 111 Å².